The lowest BCUT2D eigenvalue weighted by Crippen LogP contribution is -2.33. The molecule has 0 saturated carbocycles. The molecule has 0 unspecified atom stereocenters. The largest absolute Gasteiger partial charge is 0.244 e. The summed E-state index contributed by atoms with van der Waals surface area (Å²) in [6.45, 7) is 4.30. The van der Waals surface area contributed by atoms with E-state index in [2.05, 4.69) is 28.4 Å². The van der Waals surface area contributed by atoms with Crippen molar-refractivity contribution in [3.05, 3.63) is 89.5 Å². The van der Waals surface area contributed by atoms with Crippen molar-refractivity contribution in [2.75, 3.05) is 32.7 Å². The highest BCUT2D eigenvalue weighted by atomic mass is 32.2. The van der Waals surface area contributed by atoms with Crippen LogP contribution in [0.15, 0.2) is 87.5 Å². The first-order chi connectivity index (χ1) is 21.3. The second-order valence-electron chi connectivity index (χ2n) is 9.99. The Morgan fingerprint density at radius 2 is 0.956 bits per heavy atom. The van der Waals surface area contributed by atoms with Crippen molar-refractivity contribution in [2.45, 2.75) is 41.9 Å². The van der Waals surface area contributed by atoms with Crippen LogP contribution < -0.4 is 4.72 Å². The predicted octanol–water partition coefficient (Wildman–Crippen LogP) is 3.19. The Bertz CT molecular complexity index is 1960. The minimum Gasteiger partial charge on any atom is -0.207 e. The molecule has 0 saturated heterocycles. The molecule has 3 aromatic carbocycles. The summed E-state index contributed by atoms with van der Waals surface area (Å²) in [5, 5.41) is 9.05. The van der Waals surface area contributed by atoms with Crippen LogP contribution in [0.1, 0.15) is 23.1 Å². The fourth-order valence-electron chi connectivity index (χ4n) is 3.83. The van der Waals surface area contributed by atoms with E-state index in [9.17, 15) is 25.3 Å². The first-order valence-electron chi connectivity index (χ1n) is 13.8. The highest BCUT2D eigenvalue weighted by Crippen LogP contribution is 2.18. The van der Waals surface area contributed by atoms with Crippen LogP contribution in [-0.2, 0) is 30.1 Å². The maximum atomic E-state index is 13.5. The second-order valence-corrected chi connectivity index (χ2v) is 15.6. The van der Waals surface area contributed by atoms with Crippen LogP contribution in [0.2, 0.25) is 0 Å². The highest BCUT2D eigenvalue weighted by molar-refractivity contribution is 7.89. The lowest BCUT2D eigenvalue weighted by Gasteiger charge is -2.19. The molecule has 0 aliphatic carbocycles. The number of nitriles is 1. The Morgan fingerprint density at radius 3 is 1.40 bits per heavy atom. The van der Waals surface area contributed by atoms with Crippen LogP contribution in [0.4, 0.5) is 0 Å². The summed E-state index contributed by atoms with van der Waals surface area (Å²) in [5.41, 5.74) is 2.67. The minimum absolute atomic E-state index is 0.0226. The molecule has 0 amide bonds. The Hall–Kier alpha value is -4.00. The van der Waals surface area contributed by atoms with Crippen LogP contribution in [-0.4, -0.2) is 66.6 Å². The molecule has 45 heavy (non-hydrogen) atoms. The zero-order chi connectivity index (χ0) is 33.1. The summed E-state index contributed by atoms with van der Waals surface area (Å²) in [6.07, 6.45) is -0.0516. The van der Waals surface area contributed by atoms with E-state index in [0.29, 0.717) is 0 Å². The molecular weight excluding hydrogens is 633 g/mol. The van der Waals surface area contributed by atoms with E-state index in [-0.39, 0.29) is 53.8 Å². The third kappa shape index (κ3) is 10.0. The van der Waals surface area contributed by atoms with Gasteiger partial charge in [0.15, 0.2) is 0 Å². The predicted molar refractivity (Wildman–Crippen MR) is 172 cm³/mol. The van der Waals surface area contributed by atoms with Gasteiger partial charge in [0.05, 0.1) is 46.9 Å². The first-order valence-corrected chi connectivity index (χ1v) is 18.1. The SMILES string of the molecule is Cc1ccc(S(=O)(=O)NCC#CCN(CC#CCN(CCC#N)S(=O)(=O)c2ccc(C)cc2)S(=O)(=O)c2ccc(C)cc2)cc1. The molecular formula is C32H34N4O6S3. The molecule has 13 heteroatoms. The average Bonchev–Trinajstić information content (AvgIpc) is 2.99. The summed E-state index contributed by atoms with van der Waals surface area (Å²) >= 11 is 0. The van der Waals surface area contributed by atoms with Gasteiger partial charge in [-0.25, -0.2) is 25.3 Å². The van der Waals surface area contributed by atoms with E-state index in [1.807, 2.05) is 26.8 Å². The van der Waals surface area contributed by atoms with Crippen LogP contribution in [0.3, 0.4) is 0 Å². The number of sulfonamides is 3. The highest BCUT2D eigenvalue weighted by Gasteiger charge is 2.25. The molecule has 0 fully saturated rings. The Morgan fingerprint density at radius 1 is 0.578 bits per heavy atom. The van der Waals surface area contributed by atoms with Crippen LogP contribution in [0.5, 0.6) is 0 Å². The van der Waals surface area contributed by atoms with Crippen molar-refractivity contribution >= 4 is 30.1 Å². The zero-order valence-corrected chi connectivity index (χ0v) is 27.6. The number of nitrogens with zero attached hydrogens (tertiary/aromatic N) is 3. The molecule has 3 aromatic rings. The van der Waals surface area contributed by atoms with Crippen LogP contribution in [0.25, 0.3) is 0 Å². The molecule has 1 N–H and O–H groups in total. The van der Waals surface area contributed by atoms with Gasteiger partial charge in [0.1, 0.15) is 0 Å². The molecule has 0 spiro atoms. The number of rotatable bonds is 12. The number of benzene rings is 3. The van der Waals surface area contributed by atoms with Gasteiger partial charge in [0.2, 0.25) is 30.1 Å². The van der Waals surface area contributed by atoms with Crippen molar-refractivity contribution in [1.29, 1.82) is 5.26 Å². The number of nitrogens with one attached hydrogen (secondary N) is 1. The van der Waals surface area contributed by atoms with Gasteiger partial charge in [0, 0.05) is 13.0 Å². The fraction of sp³-hybridized carbons (Fsp3) is 0.281. The standard InChI is InChI=1S/C32H34N4O6S3/c1-27-9-15-30(16-10-27)43(37,38)34-22-4-5-23-35(44(39,40)31-17-11-28(2)12-18-31)24-6-7-25-36(26-8-21-33)45(41,42)32-19-13-29(3)14-20-32/h9-20,34H,8,22-26H2,1-3H3. The number of hydrogen-bond acceptors (Lipinski definition) is 7. The lowest BCUT2D eigenvalue weighted by molar-refractivity contribution is 0.452. The Labute approximate surface area is 266 Å². The summed E-state index contributed by atoms with van der Waals surface area (Å²) in [5.74, 6) is 10.8. The van der Waals surface area contributed by atoms with Gasteiger partial charge in [-0.15, -0.1) is 0 Å². The minimum atomic E-state index is -4.06. The van der Waals surface area contributed by atoms with Crippen molar-refractivity contribution in [3.8, 4) is 29.8 Å². The van der Waals surface area contributed by atoms with E-state index < -0.39 is 30.1 Å². The third-order valence-corrected chi connectivity index (χ3v) is 11.6. The molecule has 236 valence electrons. The van der Waals surface area contributed by atoms with Gasteiger partial charge < -0.3 is 0 Å². The monoisotopic (exact) mass is 666 g/mol. The van der Waals surface area contributed by atoms with Gasteiger partial charge in [-0.3, -0.25) is 0 Å². The van der Waals surface area contributed by atoms with E-state index >= 15 is 0 Å². The van der Waals surface area contributed by atoms with Gasteiger partial charge in [-0.2, -0.15) is 18.6 Å². The number of hydrogen-bond donors (Lipinski definition) is 1. The normalized spacial score (nSPS) is 11.7. The molecule has 0 aromatic heterocycles. The average molecular weight is 667 g/mol. The zero-order valence-electron chi connectivity index (χ0n) is 25.2. The van der Waals surface area contributed by atoms with Crippen molar-refractivity contribution in [1.82, 2.24) is 13.3 Å². The molecule has 0 radical (unpaired) electrons. The van der Waals surface area contributed by atoms with Crippen molar-refractivity contribution in [3.63, 3.8) is 0 Å². The maximum Gasteiger partial charge on any atom is 0.244 e. The molecule has 0 heterocycles. The Kier molecular flexibility index (Phi) is 12.5. The van der Waals surface area contributed by atoms with Gasteiger partial charge in [0.25, 0.3) is 0 Å². The van der Waals surface area contributed by atoms with E-state index in [4.69, 9.17) is 5.26 Å². The number of aryl methyl sites for hydroxylation is 3. The van der Waals surface area contributed by atoms with Crippen LogP contribution in [0, 0.1) is 55.8 Å². The smallest absolute Gasteiger partial charge is 0.207 e. The fourth-order valence-corrected chi connectivity index (χ4v) is 7.34. The van der Waals surface area contributed by atoms with E-state index in [1.165, 1.54) is 36.4 Å². The van der Waals surface area contributed by atoms with Gasteiger partial charge in [-0.1, -0.05) is 76.8 Å². The molecule has 0 bridgehead atoms. The van der Waals surface area contributed by atoms with Crippen molar-refractivity contribution in [2.24, 2.45) is 0 Å². The summed E-state index contributed by atoms with van der Waals surface area (Å²) in [6, 6.07) is 20.8. The quantitative estimate of drug-likeness (QED) is 0.293. The third-order valence-electron chi connectivity index (χ3n) is 6.49. The second kappa shape index (κ2) is 15.8. The van der Waals surface area contributed by atoms with Gasteiger partial charge in [-0.05, 0) is 57.2 Å². The molecule has 0 aliphatic rings. The summed E-state index contributed by atoms with van der Waals surface area (Å²) in [7, 11) is -11.8. The first kappa shape index (κ1) is 35.5. The maximum absolute atomic E-state index is 13.5. The molecule has 10 nitrogen and oxygen atoms in total. The molecule has 0 aliphatic heterocycles. The molecule has 3 rings (SSSR count). The van der Waals surface area contributed by atoms with Crippen LogP contribution >= 0.6 is 0 Å². The lowest BCUT2D eigenvalue weighted by atomic mass is 10.2. The molecule has 0 atom stereocenters. The van der Waals surface area contributed by atoms with E-state index in [0.717, 1.165) is 25.3 Å². The topological polar surface area (TPSA) is 145 Å². The van der Waals surface area contributed by atoms with Gasteiger partial charge >= 0.3 is 0 Å². The summed E-state index contributed by atoms with van der Waals surface area (Å²) < 4.78 is 82.8. The van der Waals surface area contributed by atoms with Crippen molar-refractivity contribution < 1.29 is 25.3 Å². The van der Waals surface area contributed by atoms with E-state index in [1.54, 1.807) is 36.4 Å². The summed E-state index contributed by atoms with van der Waals surface area (Å²) in [4.78, 5) is 0.168. The Balaban J connectivity index is 1.79.